The summed E-state index contributed by atoms with van der Waals surface area (Å²) >= 11 is 0. The van der Waals surface area contributed by atoms with Gasteiger partial charge in [-0.15, -0.1) is 0 Å². The van der Waals surface area contributed by atoms with E-state index >= 15 is 0 Å². The van der Waals surface area contributed by atoms with E-state index in [0.29, 0.717) is 11.3 Å². The number of carbonyl (C=O) groups is 1. The lowest BCUT2D eigenvalue weighted by molar-refractivity contribution is 0.102. The third kappa shape index (κ3) is 3.62. The van der Waals surface area contributed by atoms with Crippen molar-refractivity contribution in [2.75, 3.05) is 5.32 Å². The Morgan fingerprint density at radius 2 is 1.67 bits per heavy atom. The molecule has 0 bridgehead atoms. The third-order valence-electron chi connectivity index (χ3n) is 4.24. The number of aromatic amines is 1. The van der Waals surface area contributed by atoms with Gasteiger partial charge in [-0.2, -0.15) is 5.10 Å². The molecule has 4 nitrogen and oxygen atoms in total. The smallest absolute Gasteiger partial charge is 0.255 e. The largest absolute Gasteiger partial charge is 0.321 e. The highest BCUT2D eigenvalue weighted by Gasteiger charge is 2.08. The average molecular weight is 357 g/mol. The first-order valence-electron chi connectivity index (χ1n) is 8.48. The van der Waals surface area contributed by atoms with Crippen molar-refractivity contribution in [2.24, 2.45) is 0 Å². The van der Waals surface area contributed by atoms with Crippen molar-refractivity contribution in [1.29, 1.82) is 0 Å². The molecule has 0 atom stereocenters. The average Bonchev–Trinajstić information content (AvgIpc) is 3.11. The van der Waals surface area contributed by atoms with E-state index in [1.807, 2.05) is 60.7 Å². The normalized spacial score (nSPS) is 11.1. The molecule has 2 N–H and O–H groups in total. The van der Waals surface area contributed by atoms with Crippen LogP contribution in [0.2, 0.25) is 0 Å². The highest BCUT2D eigenvalue weighted by molar-refractivity contribution is 6.05. The standard InChI is InChI=1S/C22H16FN3O/c23-17-12-9-16(10-13-17)22(27)24-19-7-3-1-5-15(19)11-14-21-18-6-2-4-8-20(18)25-26-21/h1-14H,(H,24,27)(H,25,26). The van der Waals surface area contributed by atoms with Crippen LogP contribution in [0.1, 0.15) is 21.6 Å². The Hall–Kier alpha value is -3.73. The summed E-state index contributed by atoms with van der Waals surface area (Å²) in [5.74, 6) is -0.665. The maximum Gasteiger partial charge on any atom is 0.255 e. The van der Waals surface area contributed by atoms with Crippen molar-refractivity contribution in [2.45, 2.75) is 0 Å². The maximum atomic E-state index is 13.0. The molecule has 0 radical (unpaired) electrons. The van der Waals surface area contributed by atoms with Gasteiger partial charge < -0.3 is 5.32 Å². The summed E-state index contributed by atoms with van der Waals surface area (Å²) in [6, 6.07) is 20.8. The predicted octanol–water partition coefficient (Wildman–Crippen LogP) is 5.12. The molecular weight excluding hydrogens is 341 g/mol. The topological polar surface area (TPSA) is 57.8 Å². The van der Waals surface area contributed by atoms with Gasteiger partial charge in [0.2, 0.25) is 0 Å². The minimum atomic E-state index is -0.374. The fourth-order valence-corrected chi connectivity index (χ4v) is 2.83. The molecule has 0 aliphatic carbocycles. The Bertz CT molecular complexity index is 1130. The van der Waals surface area contributed by atoms with Gasteiger partial charge in [-0.25, -0.2) is 4.39 Å². The number of carbonyl (C=O) groups excluding carboxylic acids is 1. The fourth-order valence-electron chi connectivity index (χ4n) is 2.83. The highest BCUT2D eigenvalue weighted by Crippen LogP contribution is 2.21. The molecule has 1 heterocycles. The number of anilines is 1. The van der Waals surface area contributed by atoms with E-state index in [-0.39, 0.29) is 11.7 Å². The van der Waals surface area contributed by atoms with E-state index in [4.69, 9.17) is 0 Å². The monoisotopic (exact) mass is 357 g/mol. The van der Waals surface area contributed by atoms with E-state index in [9.17, 15) is 9.18 Å². The van der Waals surface area contributed by atoms with Gasteiger partial charge in [0, 0.05) is 16.6 Å². The number of hydrogen-bond donors (Lipinski definition) is 2. The molecule has 4 rings (SSSR count). The van der Waals surface area contributed by atoms with Crippen molar-refractivity contribution in [3.8, 4) is 0 Å². The summed E-state index contributed by atoms with van der Waals surface area (Å²) in [7, 11) is 0. The van der Waals surface area contributed by atoms with Crippen LogP contribution in [0.15, 0.2) is 72.8 Å². The Morgan fingerprint density at radius 3 is 2.52 bits per heavy atom. The Morgan fingerprint density at radius 1 is 0.926 bits per heavy atom. The van der Waals surface area contributed by atoms with Crippen LogP contribution in [0.5, 0.6) is 0 Å². The first kappa shape index (κ1) is 16.7. The molecule has 0 saturated heterocycles. The maximum absolute atomic E-state index is 13.0. The molecule has 0 spiro atoms. The Balaban J connectivity index is 1.59. The van der Waals surface area contributed by atoms with Crippen molar-refractivity contribution < 1.29 is 9.18 Å². The van der Waals surface area contributed by atoms with Gasteiger partial charge in [-0.3, -0.25) is 9.89 Å². The van der Waals surface area contributed by atoms with Crippen LogP contribution in [0.4, 0.5) is 10.1 Å². The second-order valence-electron chi connectivity index (χ2n) is 6.04. The quantitative estimate of drug-likeness (QED) is 0.532. The van der Waals surface area contributed by atoms with E-state index in [2.05, 4.69) is 15.5 Å². The number of aromatic nitrogens is 2. The van der Waals surface area contributed by atoms with E-state index in [1.54, 1.807) is 0 Å². The molecule has 4 aromatic rings. The van der Waals surface area contributed by atoms with Crippen molar-refractivity contribution >= 4 is 34.6 Å². The highest BCUT2D eigenvalue weighted by atomic mass is 19.1. The van der Waals surface area contributed by atoms with Crippen molar-refractivity contribution in [3.63, 3.8) is 0 Å². The van der Waals surface area contributed by atoms with Crippen LogP contribution in [-0.2, 0) is 0 Å². The van der Waals surface area contributed by atoms with Crippen molar-refractivity contribution in [1.82, 2.24) is 10.2 Å². The molecule has 1 aromatic heterocycles. The summed E-state index contributed by atoms with van der Waals surface area (Å²) in [4.78, 5) is 12.4. The van der Waals surface area contributed by atoms with Gasteiger partial charge >= 0.3 is 0 Å². The number of rotatable bonds is 4. The zero-order chi connectivity index (χ0) is 18.6. The number of halogens is 1. The molecular formula is C22H16FN3O. The van der Waals surface area contributed by atoms with E-state index in [0.717, 1.165) is 22.2 Å². The number of nitrogens with one attached hydrogen (secondary N) is 2. The van der Waals surface area contributed by atoms with Crippen LogP contribution < -0.4 is 5.32 Å². The molecule has 0 fully saturated rings. The minimum Gasteiger partial charge on any atom is -0.321 e. The lowest BCUT2D eigenvalue weighted by atomic mass is 10.1. The first-order chi connectivity index (χ1) is 13.2. The van der Waals surface area contributed by atoms with Crippen molar-refractivity contribution in [3.05, 3.63) is 95.4 Å². The molecule has 0 saturated carbocycles. The van der Waals surface area contributed by atoms with Crippen LogP contribution in [0, 0.1) is 5.82 Å². The number of nitrogens with zero attached hydrogens (tertiary/aromatic N) is 1. The summed E-state index contributed by atoms with van der Waals surface area (Å²) in [5.41, 5.74) is 3.71. The number of amides is 1. The molecule has 1 amide bonds. The van der Waals surface area contributed by atoms with Crippen LogP contribution in [0.3, 0.4) is 0 Å². The Labute approximate surface area is 155 Å². The van der Waals surface area contributed by atoms with E-state index < -0.39 is 0 Å². The summed E-state index contributed by atoms with van der Waals surface area (Å²) in [6.45, 7) is 0. The number of fused-ring (bicyclic) bond motifs is 1. The van der Waals surface area contributed by atoms with Gasteiger partial charge in [0.05, 0.1) is 11.2 Å². The second kappa shape index (κ2) is 7.25. The molecule has 0 aliphatic heterocycles. The van der Waals surface area contributed by atoms with Crippen LogP contribution >= 0.6 is 0 Å². The summed E-state index contributed by atoms with van der Waals surface area (Å²) in [5, 5.41) is 11.2. The predicted molar refractivity (Wildman–Crippen MR) is 106 cm³/mol. The molecule has 27 heavy (non-hydrogen) atoms. The number of para-hydroxylation sites is 2. The zero-order valence-corrected chi connectivity index (χ0v) is 14.3. The second-order valence-corrected chi connectivity index (χ2v) is 6.04. The minimum absolute atomic E-state index is 0.291. The lowest BCUT2D eigenvalue weighted by Gasteiger charge is -2.08. The van der Waals surface area contributed by atoms with Crippen LogP contribution in [-0.4, -0.2) is 16.1 Å². The SMILES string of the molecule is O=C(Nc1ccccc1C=Cc1n[nH]c2ccccc12)c1ccc(F)cc1. The summed E-state index contributed by atoms with van der Waals surface area (Å²) in [6.07, 6.45) is 3.81. The molecule has 3 aromatic carbocycles. The van der Waals surface area contributed by atoms with Crippen LogP contribution in [0.25, 0.3) is 23.1 Å². The van der Waals surface area contributed by atoms with E-state index in [1.165, 1.54) is 24.3 Å². The van der Waals surface area contributed by atoms with Gasteiger partial charge in [-0.1, -0.05) is 42.5 Å². The first-order valence-corrected chi connectivity index (χ1v) is 8.48. The molecule has 5 heteroatoms. The third-order valence-corrected chi connectivity index (χ3v) is 4.24. The number of benzene rings is 3. The van der Waals surface area contributed by atoms with Gasteiger partial charge in [0.25, 0.3) is 5.91 Å². The van der Waals surface area contributed by atoms with Gasteiger partial charge in [-0.05, 0) is 48.0 Å². The zero-order valence-electron chi connectivity index (χ0n) is 14.3. The molecule has 132 valence electrons. The number of H-pyrrole nitrogens is 1. The molecule has 0 unspecified atom stereocenters. The Kier molecular flexibility index (Phi) is 4.49. The summed E-state index contributed by atoms with van der Waals surface area (Å²) < 4.78 is 13.0. The lowest BCUT2D eigenvalue weighted by Crippen LogP contribution is -2.12. The van der Waals surface area contributed by atoms with Gasteiger partial charge in [0.1, 0.15) is 5.82 Å². The van der Waals surface area contributed by atoms with Gasteiger partial charge in [0.15, 0.2) is 0 Å². The number of hydrogen-bond acceptors (Lipinski definition) is 2. The molecule has 0 aliphatic rings. The fraction of sp³-hybridized carbons (Fsp3) is 0.